The predicted octanol–water partition coefficient (Wildman–Crippen LogP) is 2.38. The molecule has 1 aromatic carbocycles. The zero-order chi connectivity index (χ0) is 20.2. The number of benzene rings is 1. The molecule has 0 N–H and O–H groups in total. The van der Waals surface area contributed by atoms with Gasteiger partial charge in [-0.2, -0.15) is 5.10 Å². The summed E-state index contributed by atoms with van der Waals surface area (Å²) in [5.74, 6) is 0.956. The summed E-state index contributed by atoms with van der Waals surface area (Å²) in [5, 5.41) is 4.08. The number of carbonyl (C=O) groups excluding carboxylic acids is 1. The van der Waals surface area contributed by atoms with Crippen molar-refractivity contribution in [2.75, 3.05) is 13.1 Å². The van der Waals surface area contributed by atoms with Crippen LogP contribution in [-0.2, 0) is 7.05 Å². The molecule has 0 unspecified atom stereocenters. The molecule has 1 aliphatic heterocycles. The van der Waals surface area contributed by atoms with E-state index in [0.717, 1.165) is 18.5 Å². The fourth-order valence-corrected chi connectivity index (χ4v) is 3.46. The first-order valence-electron chi connectivity index (χ1n) is 9.49. The highest BCUT2D eigenvalue weighted by atomic mass is 16.5. The lowest BCUT2D eigenvalue weighted by Crippen LogP contribution is -2.40. The summed E-state index contributed by atoms with van der Waals surface area (Å²) in [4.78, 5) is 35.1. The van der Waals surface area contributed by atoms with E-state index >= 15 is 0 Å². The molecule has 8 heteroatoms. The Balaban J connectivity index is 1.55. The van der Waals surface area contributed by atoms with Crippen LogP contribution in [0.5, 0.6) is 11.6 Å². The number of amides is 1. The number of rotatable bonds is 4. The van der Waals surface area contributed by atoms with Crippen LogP contribution in [0.3, 0.4) is 0 Å². The molecule has 29 heavy (non-hydrogen) atoms. The molecule has 1 atom stereocenters. The van der Waals surface area contributed by atoms with Crippen molar-refractivity contribution < 1.29 is 9.53 Å². The van der Waals surface area contributed by atoms with Crippen molar-refractivity contribution in [1.82, 2.24) is 24.6 Å². The molecule has 3 aromatic rings. The van der Waals surface area contributed by atoms with E-state index in [0.29, 0.717) is 24.7 Å². The van der Waals surface area contributed by atoms with Crippen molar-refractivity contribution in [2.45, 2.75) is 18.8 Å². The van der Waals surface area contributed by atoms with Crippen LogP contribution in [0.15, 0.2) is 59.7 Å². The first-order chi connectivity index (χ1) is 14.1. The molecule has 0 spiro atoms. The number of aromatic nitrogens is 4. The van der Waals surface area contributed by atoms with Gasteiger partial charge in [0, 0.05) is 44.5 Å². The van der Waals surface area contributed by atoms with Crippen LogP contribution in [-0.4, -0.2) is 43.6 Å². The number of aryl methyl sites for hydroxylation is 1. The van der Waals surface area contributed by atoms with Crippen LogP contribution in [0.25, 0.3) is 0 Å². The van der Waals surface area contributed by atoms with Gasteiger partial charge in [-0.25, -0.2) is 9.67 Å². The van der Waals surface area contributed by atoms with E-state index < -0.39 is 0 Å². The van der Waals surface area contributed by atoms with Crippen LogP contribution >= 0.6 is 0 Å². The van der Waals surface area contributed by atoms with Crippen LogP contribution in [0.4, 0.5) is 0 Å². The molecule has 1 amide bonds. The number of hydrogen-bond donors (Lipinski definition) is 0. The summed E-state index contributed by atoms with van der Waals surface area (Å²) in [7, 11) is 1.53. The van der Waals surface area contributed by atoms with E-state index in [1.54, 1.807) is 17.3 Å². The SMILES string of the molecule is Cn1nc(C(=O)N2CCC[C@H](c3nccnc3Oc3ccccc3)C2)ccc1=O. The average molecular weight is 391 g/mol. The van der Waals surface area contributed by atoms with Crippen LogP contribution < -0.4 is 10.3 Å². The van der Waals surface area contributed by atoms with Gasteiger partial charge in [0.15, 0.2) is 0 Å². The second kappa shape index (κ2) is 8.22. The third kappa shape index (κ3) is 4.16. The Hall–Kier alpha value is -3.55. The molecule has 3 heterocycles. The van der Waals surface area contributed by atoms with Gasteiger partial charge in [0.25, 0.3) is 11.5 Å². The van der Waals surface area contributed by atoms with Gasteiger partial charge in [0.2, 0.25) is 5.88 Å². The normalized spacial score (nSPS) is 16.4. The van der Waals surface area contributed by atoms with Crippen LogP contribution in [0, 0.1) is 0 Å². The van der Waals surface area contributed by atoms with Crippen molar-refractivity contribution in [3.05, 3.63) is 76.6 Å². The van der Waals surface area contributed by atoms with E-state index in [4.69, 9.17) is 4.74 Å². The molecule has 1 saturated heterocycles. The Morgan fingerprint density at radius 3 is 2.69 bits per heavy atom. The fourth-order valence-electron chi connectivity index (χ4n) is 3.46. The van der Waals surface area contributed by atoms with Crippen LogP contribution in [0.2, 0.25) is 0 Å². The summed E-state index contributed by atoms with van der Waals surface area (Å²) in [6, 6.07) is 12.3. The Morgan fingerprint density at radius 1 is 1.10 bits per heavy atom. The molecular formula is C21H21N5O3. The van der Waals surface area contributed by atoms with Gasteiger partial charge in [-0.3, -0.25) is 14.6 Å². The third-order valence-corrected chi connectivity index (χ3v) is 4.92. The standard InChI is InChI=1S/C21H21N5O3/c1-25-18(27)10-9-17(24-25)21(28)26-13-5-6-15(14-26)19-20(23-12-11-22-19)29-16-7-3-2-4-8-16/h2-4,7-12,15H,5-6,13-14H2,1H3/t15-/m0/s1. The first-order valence-corrected chi connectivity index (χ1v) is 9.49. The van der Waals surface area contributed by atoms with E-state index in [9.17, 15) is 9.59 Å². The Labute approximate surface area is 167 Å². The lowest BCUT2D eigenvalue weighted by Gasteiger charge is -2.32. The third-order valence-electron chi connectivity index (χ3n) is 4.92. The number of hydrogen-bond acceptors (Lipinski definition) is 6. The molecule has 148 valence electrons. The largest absolute Gasteiger partial charge is 0.437 e. The highest BCUT2D eigenvalue weighted by Gasteiger charge is 2.29. The highest BCUT2D eigenvalue weighted by Crippen LogP contribution is 2.32. The second-order valence-corrected chi connectivity index (χ2v) is 6.93. The summed E-state index contributed by atoms with van der Waals surface area (Å²) >= 11 is 0. The van der Waals surface area contributed by atoms with Crippen molar-refractivity contribution in [3.63, 3.8) is 0 Å². The maximum absolute atomic E-state index is 12.9. The molecular weight excluding hydrogens is 370 g/mol. The quantitative estimate of drug-likeness (QED) is 0.678. The predicted molar refractivity (Wildman–Crippen MR) is 106 cm³/mol. The highest BCUT2D eigenvalue weighted by molar-refractivity contribution is 5.92. The molecule has 0 radical (unpaired) electrons. The fraction of sp³-hybridized carbons (Fsp3) is 0.286. The lowest BCUT2D eigenvalue weighted by atomic mass is 9.94. The van der Waals surface area contributed by atoms with Crippen molar-refractivity contribution in [1.29, 1.82) is 0 Å². The minimum absolute atomic E-state index is 0.00708. The molecule has 0 bridgehead atoms. The molecule has 0 saturated carbocycles. The summed E-state index contributed by atoms with van der Waals surface area (Å²) in [5.41, 5.74) is 0.746. The van der Waals surface area contributed by atoms with Gasteiger partial charge >= 0.3 is 0 Å². The topological polar surface area (TPSA) is 90.2 Å². The Morgan fingerprint density at radius 2 is 1.90 bits per heavy atom. The van der Waals surface area contributed by atoms with Gasteiger partial charge in [0.05, 0.1) is 0 Å². The number of ether oxygens (including phenoxy) is 1. The number of piperidine rings is 1. The van der Waals surface area contributed by atoms with Crippen molar-refractivity contribution >= 4 is 5.91 Å². The molecule has 2 aromatic heterocycles. The van der Waals surface area contributed by atoms with Gasteiger partial charge in [-0.1, -0.05) is 18.2 Å². The van der Waals surface area contributed by atoms with E-state index in [1.807, 2.05) is 30.3 Å². The van der Waals surface area contributed by atoms with Crippen molar-refractivity contribution in [3.8, 4) is 11.6 Å². The number of carbonyl (C=O) groups is 1. The zero-order valence-electron chi connectivity index (χ0n) is 16.1. The van der Waals surface area contributed by atoms with Crippen molar-refractivity contribution in [2.24, 2.45) is 7.05 Å². The lowest BCUT2D eigenvalue weighted by molar-refractivity contribution is 0.0696. The minimum Gasteiger partial charge on any atom is -0.437 e. The van der Waals surface area contributed by atoms with Gasteiger partial charge in [-0.15, -0.1) is 0 Å². The first kappa shape index (κ1) is 18.8. The molecule has 8 nitrogen and oxygen atoms in total. The monoisotopic (exact) mass is 391 g/mol. The minimum atomic E-state index is -0.250. The van der Waals surface area contributed by atoms with Gasteiger partial charge in [-0.05, 0) is 31.0 Å². The summed E-state index contributed by atoms with van der Waals surface area (Å²) in [6.45, 7) is 1.13. The number of likely N-dealkylation sites (tertiary alicyclic amines) is 1. The summed E-state index contributed by atoms with van der Waals surface area (Å²) < 4.78 is 7.11. The zero-order valence-corrected chi connectivity index (χ0v) is 16.1. The van der Waals surface area contributed by atoms with Gasteiger partial charge < -0.3 is 9.64 Å². The van der Waals surface area contributed by atoms with E-state index in [-0.39, 0.29) is 23.1 Å². The number of para-hydroxylation sites is 1. The Kier molecular flexibility index (Phi) is 5.33. The summed E-state index contributed by atoms with van der Waals surface area (Å²) in [6.07, 6.45) is 4.96. The number of nitrogens with zero attached hydrogens (tertiary/aromatic N) is 5. The average Bonchev–Trinajstić information content (AvgIpc) is 2.76. The Bertz CT molecular complexity index is 1070. The van der Waals surface area contributed by atoms with E-state index in [2.05, 4.69) is 15.1 Å². The maximum atomic E-state index is 12.9. The van der Waals surface area contributed by atoms with E-state index in [1.165, 1.54) is 23.9 Å². The molecule has 1 aliphatic rings. The van der Waals surface area contributed by atoms with Gasteiger partial charge in [0.1, 0.15) is 17.1 Å². The molecule has 0 aliphatic carbocycles. The smallest absolute Gasteiger partial charge is 0.274 e. The van der Waals surface area contributed by atoms with Crippen LogP contribution in [0.1, 0.15) is 34.9 Å². The molecule has 1 fully saturated rings. The second-order valence-electron chi connectivity index (χ2n) is 6.93. The molecule has 4 rings (SSSR count). The maximum Gasteiger partial charge on any atom is 0.274 e.